The molecule has 1 aliphatic rings. The Labute approximate surface area is 193 Å². The number of carboxylic acids is 1. The lowest BCUT2D eigenvalue weighted by Crippen LogP contribution is -2.45. The zero-order valence-electron chi connectivity index (χ0n) is 17.1. The van der Waals surface area contributed by atoms with Crippen molar-refractivity contribution in [2.45, 2.75) is 30.6 Å². The molecule has 1 unspecified atom stereocenters. The van der Waals surface area contributed by atoms with Gasteiger partial charge in [-0.05, 0) is 18.9 Å². The molecule has 0 bridgehead atoms. The van der Waals surface area contributed by atoms with Crippen LogP contribution >= 0.6 is 23.1 Å². The number of rotatable bonds is 7. The predicted molar refractivity (Wildman–Crippen MR) is 125 cm³/mol. The summed E-state index contributed by atoms with van der Waals surface area (Å²) >= 11 is 2.25. The topological polar surface area (TPSA) is 91.8 Å². The van der Waals surface area contributed by atoms with E-state index in [1.165, 1.54) is 16.2 Å². The highest BCUT2D eigenvalue weighted by atomic mass is 32.2. The van der Waals surface area contributed by atoms with E-state index in [-0.39, 0.29) is 17.3 Å². The van der Waals surface area contributed by atoms with Crippen LogP contribution in [0, 0.1) is 0 Å². The first-order chi connectivity index (χ1) is 15.5. The van der Waals surface area contributed by atoms with Gasteiger partial charge >= 0.3 is 5.97 Å². The van der Waals surface area contributed by atoms with Crippen LogP contribution in [0.1, 0.15) is 40.0 Å². The number of carboxylic acid groups (broad SMARTS) is 1. The van der Waals surface area contributed by atoms with E-state index >= 15 is 0 Å². The van der Waals surface area contributed by atoms with Crippen LogP contribution in [0.5, 0.6) is 0 Å². The van der Waals surface area contributed by atoms with Gasteiger partial charge in [-0.3, -0.25) is 14.4 Å². The molecule has 0 spiro atoms. The second-order valence-corrected chi connectivity index (χ2v) is 9.65. The minimum Gasteiger partial charge on any atom is -0.480 e. The number of benzene rings is 2. The SMILES string of the molecule is O=C(SC(CC(=O)c1csc2ccccc12)C(=O)N1CCC[C@H]1C(=O)O)c1ccccc1. The van der Waals surface area contributed by atoms with Gasteiger partial charge < -0.3 is 10.0 Å². The molecule has 2 aromatic carbocycles. The Kier molecular flexibility index (Phi) is 6.72. The molecule has 1 aliphatic heterocycles. The number of thioether (sulfide) groups is 1. The number of Topliss-reactive ketones (excluding diaryl/α,β-unsaturated/α-hetero) is 1. The van der Waals surface area contributed by atoms with E-state index in [4.69, 9.17) is 0 Å². The maximum atomic E-state index is 13.3. The van der Waals surface area contributed by atoms with Crippen molar-refractivity contribution < 1.29 is 24.3 Å². The Morgan fingerprint density at radius 2 is 1.78 bits per heavy atom. The minimum atomic E-state index is -1.07. The van der Waals surface area contributed by atoms with Crippen molar-refractivity contribution in [3.63, 3.8) is 0 Å². The van der Waals surface area contributed by atoms with Crippen LogP contribution in [0.2, 0.25) is 0 Å². The highest BCUT2D eigenvalue weighted by Gasteiger charge is 2.39. The van der Waals surface area contributed by atoms with Crippen LogP contribution in [-0.4, -0.2) is 50.6 Å². The molecule has 0 radical (unpaired) electrons. The van der Waals surface area contributed by atoms with Crippen molar-refractivity contribution in [3.8, 4) is 0 Å². The van der Waals surface area contributed by atoms with E-state index in [9.17, 15) is 24.3 Å². The Hall–Kier alpha value is -2.97. The fourth-order valence-electron chi connectivity index (χ4n) is 3.90. The molecule has 0 aliphatic carbocycles. The molecule has 1 saturated heterocycles. The highest BCUT2D eigenvalue weighted by molar-refractivity contribution is 8.15. The van der Waals surface area contributed by atoms with Gasteiger partial charge in [-0.15, -0.1) is 11.3 Å². The number of carbonyl (C=O) groups is 4. The van der Waals surface area contributed by atoms with Gasteiger partial charge in [0.15, 0.2) is 5.78 Å². The van der Waals surface area contributed by atoms with Gasteiger partial charge in [-0.2, -0.15) is 0 Å². The zero-order chi connectivity index (χ0) is 22.7. The summed E-state index contributed by atoms with van der Waals surface area (Å²) in [5.41, 5.74) is 0.951. The number of ketones is 1. The Balaban J connectivity index is 1.60. The molecule has 32 heavy (non-hydrogen) atoms. The summed E-state index contributed by atoms with van der Waals surface area (Å²) < 4.78 is 0.970. The number of hydrogen-bond donors (Lipinski definition) is 1. The normalized spacial score (nSPS) is 16.8. The summed E-state index contributed by atoms with van der Waals surface area (Å²) in [5.74, 6) is -1.78. The molecule has 4 rings (SSSR count). The van der Waals surface area contributed by atoms with Crippen molar-refractivity contribution in [3.05, 3.63) is 71.1 Å². The smallest absolute Gasteiger partial charge is 0.326 e. The molecule has 8 heteroatoms. The number of thiophene rings is 1. The first-order valence-corrected chi connectivity index (χ1v) is 12.0. The lowest BCUT2D eigenvalue weighted by molar-refractivity contribution is -0.147. The number of carbonyl (C=O) groups excluding carboxylic acids is 3. The highest BCUT2D eigenvalue weighted by Crippen LogP contribution is 2.31. The largest absolute Gasteiger partial charge is 0.480 e. The van der Waals surface area contributed by atoms with Crippen molar-refractivity contribution in [1.29, 1.82) is 0 Å². The van der Waals surface area contributed by atoms with Gasteiger partial charge in [-0.25, -0.2) is 4.79 Å². The van der Waals surface area contributed by atoms with Crippen molar-refractivity contribution >= 4 is 56.0 Å². The van der Waals surface area contributed by atoms with Crippen LogP contribution in [0.4, 0.5) is 0 Å². The molecule has 3 aromatic rings. The summed E-state index contributed by atoms with van der Waals surface area (Å²) in [4.78, 5) is 52.3. The van der Waals surface area contributed by atoms with E-state index < -0.39 is 23.2 Å². The van der Waals surface area contributed by atoms with Gasteiger partial charge in [0.1, 0.15) is 6.04 Å². The van der Waals surface area contributed by atoms with E-state index in [1.807, 2.05) is 24.3 Å². The fraction of sp³-hybridized carbons (Fsp3) is 0.250. The fourth-order valence-corrected chi connectivity index (χ4v) is 5.86. The third-order valence-corrected chi connectivity index (χ3v) is 7.57. The van der Waals surface area contributed by atoms with Gasteiger partial charge in [0, 0.05) is 39.6 Å². The van der Waals surface area contributed by atoms with Gasteiger partial charge in [0.2, 0.25) is 11.0 Å². The van der Waals surface area contributed by atoms with Crippen LogP contribution in [0.3, 0.4) is 0 Å². The second kappa shape index (κ2) is 9.67. The second-order valence-electron chi connectivity index (χ2n) is 7.56. The number of amides is 1. The summed E-state index contributed by atoms with van der Waals surface area (Å²) in [7, 11) is 0. The number of hydrogen-bond acceptors (Lipinski definition) is 6. The van der Waals surface area contributed by atoms with Gasteiger partial charge in [0.25, 0.3) is 0 Å². The molecule has 1 amide bonds. The Morgan fingerprint density at radius 1 is 1.06 bits per heavy atom. The van der Waals surface area contributed by atoms with Crippen molar-refractivity contribution in [2.75, 3.05) is 6.54 Å². The van der Waals surface area contributed by atoms with Crippen molar-refractivity contribution in [2.24, 2.45) is 0 Å². The Bertz CT molecular complexity index is 1170. The average Bonchev–Trinajstić information content (AvgIpc) is 3.46. The summed E-state index contributed by atoms with van der Waals surface area (Å²) in [6, 6.07) is 15.2. The molecule has 0 saturated carbocycles. The summed E-state index contributed by atoms with van der Waals surface area (Å²) in [5, 5.41) is 10.8. The van der Waals surface area contributed by atoms with E-state index in [0.29, 0.717) is 30.5 Å². The number of fused-ring (bicyclic) bond motifs is 1. The average molecular weight is 468 g/mol. The first-order valence-electron chi connectivity index (χ1n) is 10.2. The minimum absolute atomic E-state index is 0.175. The van der Waals surface area contributed by atoms with Crippen LogP contribution < -0.4 is 0 Å². The van der Waals surface area contributed by atoms with Crippen LogP contribution in [0.15, 0.2) is 60.0 Å². The number of likely N-dealkylation sites (tertiary alicyclic amines) is 1. The maximum Gasteiger partial charge on any atom is 0.326 e. The van der Waals surface area contributed by atoms with E-state index in [0.717, 1.165) is 21.8 Å². The molecule has 164 valence electrons. The molecule has 1 fully saturated rings. The molecule has 1 N–H and O–H groups in total. The maximum absolute atomic E-state index is 13.3. The molecule has 6 nitrogen and oxygen atoms in total. The molecule has 2 atom stereocenters. The van der Waals surface area contributed by atoms with Crippen LogP contribution in [-0.2, 0) is 9.59 Å². The Morgan fingerprint density at radius 3 is 2.53 bits per heavy atom. The van der Waals surface area contributed by atoms with E-state index in [2.05, 4.69) is 0 Å². The van der Waals surface area contributed by atoms with Crippen LogP contribution in [0.25, 0.3) is 10.1 Å². The number of aliphatic carboxylic acids is 1. The first kappa shape index (κ1) is 22.2. The third-order valence-electron chi connectivity index (χ3n) is 5.51. The predicted octanol–water partition coefficient (Wildman–Crippen LogP) is 4.49. The quantitative estimate of drug-likeness (QED) is 0.515. The lowest BCUT2D eigenvalue weighted by Gasteiger charge is -2.26. The third kappa shape index (κ3) is 4.61. The zero-order valence-corrected chi connectivity index (χ0v) is 18.7. The molecule has 2 heterocycles. The van der Waals surface area contributed by atoms with Gasteiger partial charge in [0.05, 0.1) is 5.25 Å². The molecular weight excluding hydrogens is 446 g/mol. The van der Waals surface area contributed by atoms with E-state index in [1.54, 1.807) is 35.7 Å². The number of nitrogens with zero attached hydrogens (tertiary/aromatic N) is 1. The molecular formula is C24H21NO5S2. The summed E-state index contributed by atoms with van der Waals surface area (Å²) in [6.07, 6.45) is 0.773. The summed E-state index contributed by atoms with van der Waals surface area (Å²) in [6.45, 7) is 0.307. The van der Waals surface area contributed by atoms with Gasteiger partial charge in [-0.1, -0.05) is 60.3 Å². The standard InChI is InChI=1S/C24H21NO5S2/c26-19(17-14-31-20-11-5-4-9-16(17)20)13-21(32-24(30)15-7-2-1-3-8-15)22(27)25-12-6-10-18(25)23(28)29/h1-5,7-9,11,14,18,21H,6,10,12-13H2,(H,28,29)/t18-,21?/m0/s1. The monoisotopic (exact) mass is 467 g/mol. The molecule has 1 aromatic heterocycles. The lowest BCUT2D eigenvalue weighted by atomic mass is 10.0. The van der Waals surface area contributed by atoms with Crippen molar-refractivity contribution in [1.82, 2.24) is 4.90 Å².